The van der Waals surface area contributed by atoms with Gasteiger partial charge in [0.05, 0.1) is 0 Å². The zero-order chi connectivity index (χ0) is 17.8. The Morgan fingerprint density at radius 1 is 1.12 bits per heavy atom. The number of rotatable bonds is 4. The molecule has 3 N–H and O–H groups in total. The third-order valence-electron chi connectivity index (χ3n) is 5.37. The predicted molar refractivity (Wildman–Crippen MR) is 98.4 cm³/mol. The fourth-order valence-corrected chi connectivity index (χ4v) is 3.66. The Hall–Kier alpha value is -1.92. The molecule has 1 aromatic rings. The number of nitrogens with zero attached hydrogens (tertiary/aromatic N) is 2. The van der Waals surface area contributed by atoms with Gasteiger partial charge in [-0.1, -0.05) is 6.42 Å². The van der Waals surface area contributed by atoms with Gasteiger partial charge in [0.25, 0.3) is 5.91 Å². The molecule has 0 spiro atoms. The van der Waals surface area contributed by atoms with Crippen molar-refractivity contribution in [2.75, 3.05) is 38.5 Å². The largest absolute Gasteiger partial charge is 0.336 e. The molecule has 2 aliphatic rings. The van der Waals surface area contributed by atoms with E-state index in [9.17, 15) is 9.59 Å². The third-order valence-corrected chi connectivity index (χ3v) is 5.37. The number of hydrogen-bond acceptors (Lipinski definition) is 4. The monoisotopic (exact) mass is 344 g/mol. The van der Waals surface area contributed by atoms with Gasteiger partial charge < -0.3 is 20.9 Å². The summed E-state index contributed by atoms with van der Waals surface area (Å²) in [6.07, 6.45) is 3.64. The molecule has 1 saturated carbocycles. The number of carbonyl (C=O) groups excluding carboxylic acids is 2. The van der Waals surface area contributed by atoms with Crippen LogP contribution in [0.25, 0.3) is 0 Å². The van der Waals surface area contributed by atoms with E-state index >= 15 is 0 Å². The molecule has 1 aliphatic carbocycles. The Morgan fingerprint density at radius 3 is 2.40 bits per heavy atom. The van der Waals surface area contributed by atoms with E-state index in [1.54, 1.807) is 24.3 Å². The molecule has 0 aromatic heterocycles. The normalized spacial score (nSPS) is 24.3. The molecular weight excluding hydrogens is 316 g/mol. The number of carbonyl (C=O) groups is 2. The molecule has 2 atom stereocenters. The van der Waals surface area contributed by atoms with E-state index in [0.717, 1.165) is 51.1 Å². The Morgan fingerprint density at radius 2 is 1.80 bits per heavy atom. The van der Waals surface area contributed by atoms with E-state index in [1.165, 1.54) is 0 Å². The van der Waals surface area contributed by atoms with Crippen LogP contribution in [-0.4, -0.2) is 60.9 Å². The lowest BCUT2D eigenvalue weighted by Crippen LogP contribution is -2.47. The van der Waals surface area contributed by atoms with Crippen molar-refractivity contribution in [3.63, 3.8) is 0 Å². The summed E-state index contributed by atoms with van der Waals surface area (Å²) in [4.78, 5) is 28.8. The van der Waals surface area contributed by atoms with Crippen LogP contribution in [0.2, 0.25) is 0 Å². The molecule has 1 saturated heterocycles. The highest BCUT2D eigenvalue weighted by Crippen LogP contribution is 2.27. The van der Waals surface area contributed by atoms with Crippen LogP contribution in [0.5, 0.6) is 0 Å². The maximum atomic E-state index is 12.5. The van der Waals surface area contributed by atoms with Gasteiger partial charge >= 0.3 is 0 Å². The van der Waals surface area contributed by atoms with Crippen LogP contribution >= 0.6 is 0 Å². The second kappa shape index (κ2) is 7.97. The van der Waals surface area contributed by atoms with Gasteiger partial charge in [-0.2, -0.15) is 0 Å². The minimum atomic E-state index is 0.000458. The van der Waals surface area contributed by atoms with Gasteiger partial charge in [-0.05, 0) is 50.1 Å². The number of piperazine rings is 1. The first-order chi connectivity index (χ1) is 12.0. The lowest BCUT2D eigenvalue weighted by molar-refractivity contribution is -0.117. The molecule has 0 unspecified atom stereocenters. The third kappa shape index (κ3) is 4.58. The Bertz CT molecular complexity index is 608. The predicted octanol–water partition coefficient (Wildman–Crippen LogP) is 1.53. The topological polar surface area (TPSA) is 78.7 Å². The maximum absolute atomic E-state index is 12.5. The van der Waals surface area contributed by atoms with Crippen LogP contribution < -0.4 is 11.1 Å². The first kappa shape index (κ1) is 17.9. The number of nitrogens with one attached hydrogen (secondary N) is 1. The first-order valence-electron chi connectivity index (χ1n) is 9.16. The molecule has 2 amide bonds. The van der Waals surface area contributed by atoms with E-state index in [4.69, 9.17) is 5.73 Å². The van der Waals surface area contributed by atoms with E-state index in [2.05, 4.69) is 17.3 Å². The molecule has 1 aliphatic heterocycles. The van der Waals surface area contributed by atoms with Crippen molar-refractivity contribution in [1.82, 2.24) is 9.80 Å². The smallest absolute Gasteiger partial charge is 0.253 e. The molecule has 2 fully saturated rings. The molecule has 1 aromatic carbocycles. The van der Waals surface area contributed by atoms with Crippen molar-refractivity contribution >= 4 is 17.5 Å². The summed E-state index contributed by atoms with van der Waals surface area (Å²) in [7, 11) is 2.07. The quantitative estimate of drug-likeness (QED) is 0.868. The Kier molecular flexibility index (Phi) is 5.71. The van der Waals surface area contributed by atoms with Gasteiger partial charge in [-0.25, -0.2) is 0 Å². The molecule has 0 bridgehead atoms. The lowest BCUT2D eigenvalue weighted by atomic mass is 10.00. The fraction of sp³-hybridized carbons (Fsp3) is 0.579. The van der Waals surface area contributed by atoms with E-state index in [0.29, 0.717) is 12.0 Å². The van der Waals surface area contributed by atoms with Crippen molar-refractivity contribution in [2.45, 2.75) is 31.7 Å². The molecular formula is C19H28N4O2. The van der Waals surface area contributed by atoms with Crippen molar-refractivity contribution in [3.8, 4) is 0 Å². The van der Waals surface area contributed by atoms with E-state index in [-0.39, 0.29) is 23.8 Å². The SMILES string of the molecule is CN1CCN(C(=O)c2ccc(NC(=O)C[C@@H]3CCC[C@H]3N)cc2)CC1. The number of hydrogen-bond donors (Lipinski definition) is 2. The number of amides is 2. The zero-order valence-electron chi connectivity index (χ0n) is 14.9. The van der Waals surface area contributed by atoms with Crippen LogP contribution in [0.4, 0.5) is 5.69 Å². The van der Waals surface area contributed by atoms with Gasteiger partial charge in [0.1, 0.15) is 0 Å². The summed E-state index contributed by atoms with van der Waals surface area (Å²) in [5, 5.41) is 2.91. The van der Waals surface area contributed by atoms with E-state index in [1.807, 2.05) is 4.90 Å². The van der Waals surface area contributed by atoms with Crippen molar-refractivity contribution in [3.05, 3.63) is 29.8 Å². The molecule has 6 heteroatoms. The first-order valence-corrected chi connectivity index (χ1v) is 9.16. The van der Waals surface area contributed by atoms with Crippen LogP contribution in [0.15, 0.2) is 24.3 Å². The summed E-state index contributed by atoms with van der Waals surface area (Å²) in [5.41, 5.74) is 7.42. The van der Waals surface area contributed by atoms with Crippen LogP contribution in [0, 0.1) is 5.92 Å². The summed E-state index contributed by atoms with van der Waals surface area (Å²) in [5.74, 6) is 0.349. The Balaban J connectivity index is 1.53. The van der Waals surface area contributed by atoms with Crippen molar-refractivity contribution < 1.29 is 9.59 Å². The molecule has 0 radical (unpaired) electrons. The van der Waals surface area contributed by atoms with Crippen molar-refractivity contribution in [2.24, 2.45) is 11.7 Å². The summed E-state index contributed by atoms with van der Waals surface area (Å²) < 4.78 is 0. The standard InChI is InChI=1S/C19H28N4O2/c1-22-9-11-23(12-10-22)19(25)14-5-7-16(8-6-14)21-18(24)13-15-3-2-4-17(15)20/h5-8,15,17H,2-4,9-13,20H2,1H3,(H,21,24)/t15-,17+/m0/s1. The zero-order valence-corrected chi connectivity index (χ0v) is 14.9. The second-order valence-electron chi connectivity index (χ2n) is 7.28. The molecule has 3 rings (SSSR count). The average Bonchev–Trinajstić information content (AvgIpc) is 3.00. The number of nitrogens with two attached hydrogens (primary N) is 1. The Labute approximate surface area is 149 Å². The van der Waals surface area contributed by atoms with Crippen LogP contribution in [0.1, 0.15) is 36.0 Å². The summed E-state index contributed by atoms with van der Waals surface area (Å²) >= 11 is 0. The average molecular weight is 344 g/mol. The second-order valence-corrected chi connectivity index (χ2v) is 7.28. The number of benzene rings is 1. The van der Waals surface area contributed by atoms with Gasteiger partial charge in [0.15, 0.2) is 0 Å². The highest BCUT2D eigenvalue weighted by molar-refractivity contribution is 5.96. The van der Waals surface area contributed by atoms with Crippen LogP contribution in [-0.2, 0) is 4.79 Å². The minimum absolute atomic E-state index is 0.000458. The van der Waals surface area contributed by atoms with Gasteiger partial charge in [-0.3, -0.25) is 9.59 Å². The van der Waals surface area contributed by atoms with Gasteiger partial charge in [0.2, 0.25) is 5.91 Å². The molecule has 6 nitrogen and oxygen atoms in total. The highest BCUT2D eigenvalue weighted by Gasteiger charge is 2.26. The summed E-state index contributed by atoms with van der Waals surface area (Å²) in [6, 6.07) is 7.33. The van der Waals surface area contributed by atoms with Crippen LogP contribution in [0.3, 0.4) is 0 Å². The van der Waals surface area contributed by atoms with E-state index < -0.39 is 0 Å². The number of likely N-dealkylation sites (N-methyl/N-ethyl adjacent to an activating group) is 1. The molecule has 136 valence electrons. The fourth-order valence-electron chi connectivity index (χ4n) is 3.66. The minimum Gasteiger partial charge on any atom is -0.336 e. The van der Waals surface area contributed by atoms with Gasteiger partial charge in [-0.15, -0.1) is 0 Å². The summed E-state index contributed by atoms with van der Waals surface area (Å²) in [6.45, 7) is 3.33. The maximum Gasteiger partial charge on any atom is 0.253 e. The lowest BCUT2D eigenvalue weighted by Gasteiger charge is -2.32. The molecule has 25 heavy (non-hydrogen) atoms. The van der Waals surface area contributed by atoms with Gasteiger partial charge in [0, 0.05) is 49.9 Å². The molecule has 1 heterocycles. The van der Waals surface area contributed by atoms with Crippen molar-refractivity contribution in [1.29, 1.82) is 0 Å². The highest BCUT2D eigenvalue weighted by atomic mass is 16.2. The number of anilines is 1.